The second-order valence-corrected chi connectivity index (χ2v) is 5.14. The number of ether oxygens (including phenoxy) is 2. The van der Waals surface area contributed by atoms with E-state index < -0.39 is 11.4 Å². The van der Waals surface area contributed by atoms with E-state index in [-0.39, 0.29) is 24.8 Å². The molecule has 0 aliphatic carbocycles. The molecule has 0 heterocycles. The second kappa shape index (κ2) is 7.02. The number of esters is 1. The largest absolute Gasteiger partial charge is 0.486 e. The maximum atomic E-state index is 12.1. The van der Waals surface area contributed by atoms with Crippen LogP contribution in [0.5, 0.6) is 5.75 Å². The fourth-order valence-electron chi connectivity index (χ4n) is 1.56. The first kappa shape index (κ1) is 16.9. The molecule has 0 atom stereocenters. The Kier molecular flexibility index (Phi) is 5.64. The molecule has 0 amide bonds. The molecule has 0 fully saturated rings. The van der Waals surface area contributed by atoms with E-state index in [1.807, 2.05) is 0 Å². The van der Waals surface area contributed by atoms with Crippen LogP contribution in [-0.4, -0.2) is 30.7 Å². The van der Waals surface area contributed by atoms with Crippen molar-refractivity contribution in [3.8, 4) is 5.75 Å². The maximum absolute atomic E-state index is 12.1. The summed E-state index contributed by atoms with van der Waals surface area (Å²) in [6.45, 7) is 6.10. The zero-order chi connectivity index (χ0) is 16.0. The van der Waals surface area contributed by atoms with Crippen molar-refractivity contribution in [3.63, 3.8) is 0 Å². The molecule has 114 valence electrons. The van der Waals surface area contributed by atoms with Crippen LogP contribution in [0.2, 0.25) is 0 Å². The van der Waals surface area contributed by atoms with Crippen molar-refractivity contribution < 1.29 is 23.9 Å². The van der Waals surface area contributed by atoms with Gasteiger partial charge in [0.05, 0.1) is 6.61 Å². The number of carbonyl (C=O) groups excluding carboxylic acids is 3. The summed E-state index contributed by atoms with van der Waals surface area (Å²) in [6, 6.07) is 6.55. The van der Waals surface area contributed by atoms with Gasteiger partial charge >= 0.3 is 5.97 Å². The molecule has 5 nitrogen and oxygen atoms in total. The molecule has 0 spiro atoms. The summed E-state index contributed by atoms with van der Waals surface area (Å²) in [5, 5.41) is 0. The van der Waals surface area contributed by atoms with Gasteiger partial charge in [-0.1, -0.05) is 12.1 Å². The van der Waals surface area contributed by atoms with E-state index in [0.29, 0.717) is 11.3 Å². The van der Waals surface area contributed by atoms with Crippen LogP contribution in [0.3, 0.4) is 0 Å². The van der Waals surface area contributed by atoms with E-state index in [1.54, 1.807) is 31.2 Å². The van der Waals surface area contributed by atoms with Crippen molar-refractivity contribution in [1.82, 2.24) is 0 Å². The third kappa shape index (κ3) is 4.41. The van der Waals surface area contributed by atoms with E-state index in [0.717, 1.165) is 0 Å². The van der Waals surface area contributed by atoms with Crippen molar-refractivity contribution in [2.75, 3.05) is 13.2 Å². The van der Waals surface area contributed by atoms with Gasteiger partial charge < -0.3 is 9.47 Å². The SMILES string of the molecule is CCOC(=O)C(C)(C)C(=O)COc1cccc(C(C)=O)c1. The Labute approximate surface area is 124 Å². The quantitative estimate of drug-likeness (QED) is 0.438. The first-order valence-electron chi connectivity index (χ1n) is 6.73. The zero-order valence-corrected chi connectivity index (χ0v) is 12.8. The summed E-state index contributed by atoms with van der Waals surface area (Å²) in [7, 11) is 0. The van der Waals surface area contributed by atoms with Crippen LogP contribution in [0, 0.1) is 5.41 Å². The average molecular weight is 292 g/mol. The predicted octanol–water partition coefficient (Wildman–Crippen LogP) is 2.43. The van der Waals surface area contributed by atoms with Gasteiger partial charge in [0.1, 0.15) is 17.8 Å². The molecule has 0 N–H and O–H groups in total. The number of ketones is 2. The fourth-order valence-corrected chi connectivity index (χ4v) is 1.56. The van der Waals surface area contributed by atoms with Crippen LogP contribution in [0.4, 0.5) is 0 Å². The van der Waals surface area contributed by atoms with Gasteiger partial charge in [0.2, 0.25) is 0 Å². The van der Waals surface area contributed by atoms with Gasteiger partial charge in [-0.05, 0) is 39.8 Å². The highest BCUT2D eigenvalue weighted by Crippen LogP contribution is 2.20. The summed E-state index contributed by atoms with van der Waals surface area (Å²) >= 11 is 0. The van der Waals surface area contributed by atoms with Crippen LogP contribution in [0.1, 0.15) is 38.1 Å². The standard InChI is InChI=1S/C16H20O5/c1-5-20-15(19)16(3,4)14(18)10-21-13-8-6-7-12(9-13)11(2)17/h6-9H,5,10H2,1-4H3. The molecule has 5 heteroatoms. The molecule has 0 unspecified atom stereocenters. The van der Waals surface area contributed by atoms with Gasteiger partial charge in [-0.25, -0.2) is 0 Å². The number of benzene rings is 1. The fraction of sp³-hybridized carbons (Fsp3) is 0.438. The van der Waals surface area contributed by atoms with Crippen molar-refractivity contribution in [2.45, 2.75) is 27.7 Å². The van der Waals surface area contributed by atoms with E-state index in [4.69, 9.17) is 9.47 Å². The summed E-state index contributed by atoms with van der Waals surface area (Å²) in [4.78, 5) is 35.1. The van der Waals surface area contributed by atoms with Crippen molar-refractivity contribution in [2.24, 2.45) is 5.41 Å². The lowest BCUT2D eigenvalue weighted by molar-refractivity contribution is -0.158. The van der Waals surface area contributed by atoms with Crippen LogP contribution in [0.15, 0.2) is 24.3 Å². The monoisotopic (exact) mass is 292 g/mol. The third-order valence-electron chi connectivity index (χ3n) is 3.09. The third-order valence-corrected chi connectivity index (χ3v) is 3.09. The number of hydrogen-bond acceptors (Lipinski definition) is 5. The van der Waals surface area contributed by atoms with E-state index in [9.17, 15) is 14.4 Å². The van der Waals surface area contributed by atoms with Gasteiger partial charge in [0, 0.05) is 5.56 Å². The van der Waals surface area contributed by atoms with Gasteiger partial charge in [-0.3, -0.25) is 14.4 Å². The highest BCUT2D eigenvalue weighted by Gasteiger charge is 2.37. The first-order chi connectivity index (χ1) is 9.78. The van der Waals surface area contributed by atoms with Crippen molar-refractivity contribution in [1.29, 1.82) is 0 Å². The summed E-state index contributed by atoms with van der Waals surface area (Å²) in [5.74, 6) is -0.625. The highest BCUT2D eigenvalue weighted by atomic mass is 16.5. The van der Waals surface area contributed by atoms with Crippen LogP contribution >= 0.6 is 0 Å². The van der Waals surface area contributed by atoms with Crippen molar-refractivity contribution in [3.05, 3.63) is 29.8 Å². The predicted molar refractivity (Wildman–Crippen MR) is 77.4 cm³/mol. The number of hydrogen-bond donors (Lipinski definition) is 0. The zero-order valence-electron chi connectivity index (χ0n) is 12.8. The molecule has 1 aromatic rings. The van der Waals surface area contributed by atoms with Crippen LogP contribution in [-0.2, 0) is 14.3 Å². The molecule has 1 aromatic carbocycles. The Morgan fingerprint density at radius 1 is 1.19 bits per heavy atom. The minimum Gasteiger partial charge on any atom is -0.486 e. The van der Waals surface area contributed by atoms with E-state index in [2.05, 4.69) is 0 Å². The maximum Gasteiger partial charge on any atom is 0.319 e. The molecule has 21 heavy (non-hydrogen) atoms. The Morgan fingerprint density at radius 2 is 1.86 bits per heavy atom. The number of rotatable bonds is 7. The molecule has 0 aliphatic heterocycles. The van der Waals surface area contributed by atoms with Gasteiger partial charge in [-0.2, -0.15) is 0 Å². The summed E-state index contributed by atoms with van der Waals surface area (Å²) in [6.07, 6.45) is 0. The lowest BCUT2D eigenvalue weighted by Crippen LogP contribution is -2.38. The molecule has 0 radical (unpaired) electrons. The molecule has 0 bridgehead atoms. The minimum atomic E-state index is -1.26. The van der Waals surface area contributed by atoms with Gasteiger partial charge in [0.15, 0.2) is 11.6 Å². The lowest BCUT2D eigenvalue weighted by atomic mass is 9.88. The van der Waals surface area contributed by atoms with E-state index >= 15 is 0 Å². The molecule has 0 aliphatic rings. The van der Waals surface area contributed by atoms with E-state index in [1.165, 1.54) is 20.8 Å². The minimum absolute atomic E-state index is 0.0846. The van der Waals surface area contributed by atoms with Gasteiger partial charge in [-0.15, -0.1) is 0 Å². The molecular weight excluding hydrogens is 272 g/mol. The Bertz CT molecular complexity index is 545. The van der Waals surface area contributed by atoms with Crippen LogP contribution in [0.25, 0.3) is 0 Å². The normalized spacial score (nSPS) is 10.9. The Hall–Kier alpha value is -2.17. The van der Waals surface area contributed by atoms with Crippen molar-refractivity contribution >= 4 is 17.5 Å². The molecule has 0 saturated carbocycles. The Morgan fingerprint density at radius 3 is 2.43 bits per heavy atom. The molecule has 0 saturated heterocycles. The topological polar surface area (TPSA) is 69.7 Å². The Balaban J connectivity index is 2.70. The van der Waals surface area contributed by atoms with Crippen LogP contribution < -0.4 is 4.74 Å². The van der Waals surface area contributed by atoms with Gasteiger partial charge in [0.25, 0.3) is 0 Å². The number of Topliss-reactive ketones (excluding diaryl/α,β-unsaturated/α-hetero) is 2. The molecule has 1 rings (SSSR count). The molecule has 0 aromatic heterocycles. The first-order valence-corrected chi connectivity index (χ1v) is 6.73. The lowest BCUT2D eigenvalue weighted by Gasteiger charge is -2.20. The smallest absolute Gasteiger partial charge is 0.319 e. The summed E-state index contributed by atoms with van der Waals surface area (Å²) < 4.78 is 10.2. The molecular formula is C16H20O5. The second-order valence-electron chi connectivity index (χ2n) is 5.14. The average Bonchev–Trinajstić information content (AvgIpc) is 2.45. The summed E-state index contributed by atoms with van der Waals surface area (Å²) in [5.41, 5.74) is -0.751. The highest BCUT2D eigenvalue weighted by molar-refractivity contribution is 6.03. The number of carbonyl (C=O) groups is 3.